The third kappa shape index (κ3) is 5.59. The lowest BCUT2D eigenvalue weighted by atomic mass is 10.0. The number of aliphatic hydroxyl groups excluding tert-OH is 1. The second kappa shape index (κ2) is 9.09. The fourth-order valence-corrected chi connectivity index (χ4v) is 2.48. The van der Waals surface area contributed by atoms with Gasteiger partial charge < -0.3 is 10.0 Å². The molecule has 1 aromatic rings. The molecule has 0 saturated carbocycles. The van der Waals surface area contributed by atoms with E-state index in [4.69, 9.17) is 0 Å². The minimum absolute atomic E-state index is 0.286. The first-order chi connectivity index (χ1) is 9.60. The first-order valence-corrected chi connectivity index (χ1v) is 7.76. The Kier molecular flexibility index (Phi) is 7.78. The summed E-state index contributed by atoms with van der Waals surface area (Å²) in [5.74, 6) is 0.437. The van der Waals surface area contributed by atoms with Gasteiger partial charge in [0.25, 0.3) is 0 Å². The van der Waals surface area contributed by atoms with Crippen LogP contribution in [-0.4, -0.2) is 29.6 Å². The monoisotopic (exact) mass is 281 g/mol. The van der Waals surface area contributed by atoms with Crippen LogP contribution in [0.4, 0.5) is 4.39 Å². The molecule has 20 heavy (non-hydrogen) atoms. The van der Waals surface area contributed by atoms with Crippen LogP contribution in [0.5, 0.6) is 0 Å². The Balaban J connectivity index is 2.47. The maximum atomic E-state index is 13.1. The van der Waals surface area contributed by atoms with E-state index < -0.39 is 6.10 Å². The van der Waals surface area contributed by atoms with E-state index in [2.05, 4.69) is 25.7 Å². The van der Waals surface area contributed by atoms with E-state index in [0.717, 1.165) is 25.6 Å². The van der Waals surface area contributed by atoms with Crippen molar-refractivity contribution in [1.82, 2.24) is 4.90 Å². The fourth-order valence-electron chi connectivity index (χ4n) is 2.48. The number of halogens is 1. The largest absolute Gasteiger partial charge is 0.388 e. The van der Waals surface area contributed by atoms with Crippen molar-refractivity contribution in [1.29, 1.82) is 0 Å². The van der Waals surface area contributed by atoms with Crippen molar-refractivity contribution in [2.24, 2.45) is 5.92 Å². The molecule has 1 atom stereocenters. The van der Waals surface area contributed by atoms with E-state index in [9.17, 15) is 9.50 Å². The van der Waals surface area contributed by atoms with Gasteiger partial charge in [0.2, 0.25) is 0 Å². The second-order valence-corrected chi connectivity index (χ2v) is 5.44. The lowest BCUT2D eigenvalue weighted by Gasteiger charge is -2.26. The lowest BCUT2D eigenvalue weighted by Crippen LogP contribution is -2.31. The predicted molar refractivity (Wildman–Crippen MR) is 82.2 cm³/mol. The highest BCUT2D eigenvalue weighted by Gasteiger charge is 2.13. The molecule has 2 nitrogen and oxygen atoms in total. The third-order valence-corrected chi connectivity index (χ3v) is 4.07. The number of hydrogen-bond donors (Lipinski definition) is 1. The zero-order chi connectivity index (χ0) is 15.0. The van der Waals surface area contributed by atoms with Crippen LogP contribution in [0, 0.1) is 11.7 Å². The molecule has 0 aromatic heterocycles. The number of rotatable bonds is 9. The third-order valence-electron chi connectivity index (χ3n) is 4.07. The Morgan fingerprint density at radius 3 is 2.45 bits per heavy atom. The van der Waals surface area contributed by atoms with Crippen LogP contribution in [0.15, 0.2) is 24.3 Å². The smallest absolute Gasteiger partial charge is 0.123 e. The molecule has 0 aliphatic carbocycles. The molecular formula is C17H28FNO. The zero-order valence-corrected chi connectivity index (χ0v) is 13.0. The number of nitrogens with zero attached hydrogens (tertiary/aromatic N) is 1. The molecule has 0 fully saturated rings. The van der Waals surface area contributed by atoms with Gasteiger partial charge in [0, 0.05) is 13.1 Å². The van der Waals surface area contributed by atoms with Crippen LogP contribution < -0.4 is 0 Å². The normalized spacial score (nSPS) is 13.2. The van der Waals surface area contributed by atoms with E-state index in [-0.39, 0.29) is 5.82 Å². The van der Waals surface area contributed by atoms with Crippen LogP contribution in [0.1, 0.15) is 51.7 Å². The van der Waals surface area contributed by atoms with E-state index in [1.54, 1.807) is 12.1 Å². The molecule has 3 heteroatoms. The van der Waals surface area contributed by atoms with E-state index in [1.165, 1.54) is 25.0 Å². The van der Waals surface area contributed by atoms with Crippen LogP contribution in [0.25, 0.3) is 0 Å². The van der Waals surface area contributed by atoms with Gasteiger partial charge >= 0.3 is 0 Å². The van der Waals surface area contributed by atoms with Crippen LogP contribution in [0.2, 0.25) is 0 Å². The molecule has 0 saturated heterocycles. The summed E-state index contributed by atoms with van der Waals surface area (Å²) in [6.07, 6.45) is 2.46. The fraction of sp³-hybridized carbons (Fsp3) is 0.647. The Morgan fingerprint density at radius 2 is 1.90 bits per heavy atom. The maximum absolute atomic E-state index is 13.1. The van der Waals surface area contributed by atoms with Crippen LogP contribution >= 0.6 is 0 Å². The molecule has 0 bridgehead atoms. The molecule has 0 heterocycles. The standard InChI is InChI=1S/C17H28FNO/c1-4-14(5-2)13-19(6-3)11-10-17(20)15-8-7-9-16(18)12-15/h7-9,12,14,17,20H,4-6,10-11,13H2,1-3H3. The average Bonchev–Trinajstić information content (AvgIpc) is 2.47. The Labute approximate surface area is 122 Å². The summed E-state index contributed by atoms with van der Waals surface area (Å²) < 4.78 is 13.1. The molecular weight excluding hydrogens is 253 g/mol. The van der Waals surface area contributed by atoms with Gasteiger partial charge in [-0.25, -0.2) is 4.39 Å². The average molecular weight is 281 g/mol. The van der Waals surface area contributed by atoms with Crippen molar-refractivity contribution in [3.05, 3.63) is 35.6 Å². The van der Waals surface area contributed by atoms with Crippen molar-refractivity contribution in [2.45, 2.75) is 46.1 Å². The summed E-state index contributed by atoms with van der Waals surface area (Å²) in [6, 6.07) is 6.25. The molecule has 0 aliphatic rings. The number of benzene rings is 1. The minimum atomic E-state index is -0.582. The Bertz CT molecular complexity index is 379. The number of hydrogen-bond acceptors (Lipinski definition) is 2. The zero-order valence-electron chi connectivity index (χ0n) is 13.0. The topological polar surface area (TPSA) is 23.5 Å². The molecule has 114 valence electrons. The lowest BCUT2D eigenvalue weighted by molar-refractivity contribution is 0.136. The van der Waals surface area contributed by atoms with E-state index in [1.807, 2.05) is 0 Å². The van der Waals surface area contributed by atoms with E-state index >= 15 is 0 Å². The molecule has 1 N–H and O–H groups in total. The first-order valence-electron chi connectivity index (χ1n) is 7.76. The summed E-state index contributed by atoms with van der Waals surface area (Å²) in [5, 5.41) is 10.1. The summed E-state index contributed by atoms with van der Waals surface area (Å²) in [5.41, 5.74) is 0.670. The highest BCUT2D eigenvalue weighted by atomic mass is 19.1. The van der Waals surface area contributed by atoms with Gasteiger partial charge in [0.1, 0.15) is 5.82 Å². The predicted octanol–water partition coefficient (Wildman–Crippen LogP) is 4.01. The first kappa shape index (κ1) is 17.1. The van der Waals surface area contributed by atoms with E-state index in [0.29, 0.717) is 12.0 Å². The highest BCUT2D eigenvalue weighted by Crippen LogP contribution is 2.18. The van der Waals surface area contributed by atoms with Crippen molar-refractivity contribution < 1.29 is 9.50 Å². The van der Waals surface area contributed by atoms with Gasteiger partial charge in [-0.15, -0.1) is 0 Å². The van der Waals surface area contributed by atoms with Crippen molar-refractivity contribution in [2.75, 3.05) is 19.6 Å². The SMILES string of the molecule is CCC(CC)CN(CC)CCC(O)c1cccc(F)c1. The molecule has 0 spiro atoms. The number of aliphatic hydroxyl groups is 1. The summed E-state index contributed by atoms with van der Waals surface area (Å²) in [4.78, 5) is 2.38. The van der Waals surface area contributed by atoms with Gasteiger partial charge in [-0.3, -0.25) is 0 Å². The minimum Gasteiger partial charge on any atom is -0.388 e. The molecule has 1 aromatic carbocycles. The van der Waals surface area contributed by atoms with Gasteiger partial charge in [-0.2, -0.15) is 0 Å². The van der Waals surface area contributed by atoms with Crippen LogP contribution in [0.3, 0.4) is 0 Å². The van der Waals surface area contributed by atoms with Gasteiger partial charge in [0.05, 0.1) is 6.10 Å². The molecule has 0 amide bonds. The van der Waals surface area contributed by atoms with Crippen molar-refractivity contribution in [3.8, 4) is 0 Å². The molecule has 1 rings (SSSR count). The Morgan fingerprint density at radius 1 is 1.20 bits per heavy atom. The summed E-state index contributed by atoms with van der Waals surface area (Å²) >= 11 is 0. The molecule has 0 radical (unpaired) electrons. The second-order valence-electron chi connectivity index (χ2n) is 5.44. The van der Waals surface area contributed by atoms with Gasteiger partial charge in [-0.05, 0) is 36.6 Å². The van der Waals surface area contributed by atoms with Crippen molar-refractivity contribution >= 4 is 0 Å². The Hall–Kier alpha value is -0.930. The van der Waals surface area contributed by atoms with Gasteiger partial charge in [-0.1, -0.05) is 45.7 Å². The summed E-state index contributed by atoms with van der Waals surface area (Å²) in [6.45, 7) is 9.53. The summed E-state index contributed by atoms with van der Waals surface area (Å²) in [7, 11) is 0. The molecule has 1 unspecified atom stereocenters. The highest BCUT2D eigenvalue weighted by molar-refractivity contribution is 5.18. The quantitative estimate of drug-likeness (QED) is 0.739. The maximum Gasteiger partial charge on any atom is 0.123 e. The van der Waals surface area contributed by atoms with Crippen LogP contribution in [-0.2, 0) is 0 Å². The van der Waals surface area contributed by atoms with Gasteiger partial charge in [0.15, 0.2) is 0 Å². The van der Waals surface area contributed by atoms with Crippen molar-refractivity contribution in [3.63, 3.8) is 0 Å². The molecule has 0 aliphatic heterocycles.